The highest BCUT2D eigenvalue weighted by Gasteiger charge is 2.14. The number of rotatable bonds is 5. The van der Waals surface area contributed by atoms with Crippen molar-refractivity contribution >= 4 is 11.5 Å². The lowest BCUT2D eigenvalue weighted by Gasteiger charge is -2.20. The largest absolute Gasteiger partial charge is 0.397 e. The molecule has 0 radical (unpaired) electrons. The summed E-state index contributed by atoms with van der Waals surface area (Å²) in [6, 6.07) is 2.01. The summed E-state index contributed by atoms with van der Waals surface area (Å²) in [7, 11) is 0. The third-order valence-corrected chi connectivity index (χ3v) is 3.55. The Kier molecular flexibility index (Phi) is 4.42. The van der Waals surface area contributed by atoms with Crippen molar-refractivity contribution in [3.8, 4) is 0 Å². The minimum absolute atomic E-state index is 0.641. The van der Waals surface area contributed by atoms with Crippen LogP contribution in [0.25, 0.3) is 0 Å². The van der Waals surface area contributed by atoms with Crippen LogP contribution >= 0.6 is 0 Å². The topological polar surface area (TPSA) is 54.2 Å². The molecule has 1 aliphatic rings. The smallest absolute Gasteiger partial charge is 0.126 e. The van der Waals surface area contributed by atoms with E-state index in [1.807, 2.05) is 13.0 Å². The Balaban J connectivity index is 1.77. The maximum Gasteiger partial charge on any atom is 0.126 e. The summed E-state index contributed by atoms with van der Waals surface area (Å²) < 4.78 is 0. The second kappa shape index (κ2) is 6.05. The van der Waals surface area contributed by atoms with Gasteiger partial charge >= 0.3 is 0 Å². The summed E-state index contributed by atoms with van der Waals surface area (Å²) >= 11 is 0. The molecule has 1 saturated heterocycles. The molecule has 0 saturated carbocycles. The third kappa shape index (κ3) is 3.60. The van der Waals surface area contributed by atoms with Crippen LogP contribution in [0.4, 0.5) is 11.5 Å². The summed E-state index contributed by atoms with van der Waals surface area (Å²) in [4.78, 5) is 6.84. The zero-order valence-corrected chi connectivity index (χ0v) is 11.4. The van der Waals surface area contributed by atoms with E-state index in [0.717, 1.165) is 23.6 Å². The number of pyridine rings is 1. The molecule has 0 aromatic carbocycles. The molecule has 18 heavy (non-hydrogen) atoms. The van der Waals surface area contributed by atoms with E-state index in [-0.39, 0.29) is 0 Å². The van der Waals surface area contributed by atoms with Gasteiger partial charge in [0.25, 0.3) is 0 Å². The van der Waals surface area contributed by atoms with Gasteiger partial charge in [-0.1, -0.05) is 6.92 Å². The summed E-state index contributed by atoms with van der Waals surface area (Å²) in [6.07, 6.45) is 4.44. The van der Waals surface area contributed by atoms with Crippen LogP contribution in [0.15, 0.2) is 12.3 Å². The van der Waals surface area contributed by atoms with Crippen molar-refractivity contribution in [2.24, 2.45) is 5.92 Å². The van der Waals surface area contributed by atoms with Crippen molar-refractivity contribution in [2.75, 3.05) is 37.2 Å². The maximum atomic E-state index is 5.76. The van der Waals surface area contributed by atoms with Crippen molar-refractivity contribution in [1.82, 2.24) is 9.88 Å². The van der Waals surface area contributed by atoms with E-state index >= 15 is 0 Å². The van der Waals surface area contributed by atoms with E-state index in [4.69, 9.17) is 5.73 Å². The lowest BCUT2D eigenvalue weighted by Crippen LogP contribution is -2.29. The molecule has 2 rings (SSSR count). The first-order valence-electron chi connectivity index (χ1n) is 6.83. The highest BCUT2D eigenvalue weighted by molar-refractivity contribution is 5.50. The lowest BCUT2D eigenvalue weighted by molar-refractivity contribution is 0.294. The first kappa shape index (κ1) is 13.1. The molecule has 0 amide bonds. The van der Waals surface area contributed by atoms with Crippen LogP contribution in [0.5, 0.6) is 0 Å². The predicted octanol–water partition coefficient (Wildman–Crippen LogP) is 2.12. The highest BCUT2D eigenvalue weighted by Crippen LogP contribution is 2.14. The molecule has 1 aromatic rings. The molecular formula is C14H24N4. The van der Waals surface area contributed by atoms with Gasteiger partial charge in [-0.25, -0.2) is 4.98 Å². The summed E-state index contributed by atoms with van der Waals surface area (Å²) in [5.41, 5.74) is 7.59. The van der Waals surface area contributed by atoms with E-state index in [2.05, 4.69) is 22.1 Å². The maximum absolute atomic E-state index is 5.76. The second-order valence-corrected chi connectivity index (χ2v) is 5.42. The minimum Gasteiger partial charge on any atom is -0.397 e. The monoisotopic (exact) mass is 248 g/mol. The van der Waals surface area contributed by atoms with E-state index in [1.54, 1.807) is 6.20 Å². The highest BCUT2D eigenvalue weighted by atomic mass is 15.1. The summed E-state index contributed by atoms with van der Waals surface area (Å²) in [5, 5.41) is 3.39. The van der Waals surface area contributed by atoms with Crippen LogP contribution in [0.1, 0.15) is 25.3 Å². The predicted molar refractivity (Wildman–Crippen MR) is 76.7 cm³/mol. The molecule has 100 valence electrons. The average molecular weight is 248 g/mol. The molecule has 1 aromatic heterocycles. The van der Waals surface area contributed by atoms with E-state index < -0.39 is 0 Å². The Labute approximate surface area is 110 Å². The van der Waals surface area contributed by atoms with Gasteiger partial charge in [-0.3, -0.25) is 0 Å². The first-order chi connectivity index (χ1) is 8.65. The Hall–Kier alpha value is -1.29. The number of aryl methyl sites for hydroxylation is 1. The van der Waals surface area contributed by atoms with E-state index in [1.165, 1.54) is 32.5 Å². The Morgan fingerprint density at radius 1 is 1.44 bits per heavy atom. The van der Waals surface area contributed by atoms with Gasteiger partial charge < -0.3 is 16.0 Å². The number of nitrogens with zero attached hydrogens (tertiary/aromatic N) is 2. The van der Waals surface area contributed by atoms with Gasteiger partial charge in [0.2, 0.25) is 0 Å². The van der Waals surface area contributed by atoms with Crippen LogP contribution in [0.3, 0.4) is 0 Å². The molecule has 1 aliphatic heterocycles. The SMILES string of the molecule is Cc1cc(NCC(C)CN2CCCC2)ncc1N. The van der Waals surface area contributed by atoms with Crippen LogP contribution < -0.4 is 11.1 Å². The molecule has 0 spiro atoms. The molecule has 0 aliphatic carbocycles. The zero-order chi connectivity index (χ0) is 13.0. The van der Waals surface area contributed by atoms with Gasteiger partial charge in [0.15, 0.2) is 0 Å². The van der Waals surface area contributed by atoms with Gasteiger partial charge in [0.05, 0.1) is 11.9 Å². The quantitative estimate of drug-likeness (QED) is 0.838. The zero-order valence-electron chi connectivity index (χ0n) is 11.4. The molecule has 1 fully saturated rings. The molecule has 2 heterocycles. The van der Waals surface area contributed by atoms with Gasteiger partial charge in [0, 0.05) is 13.1 Å². The number of nitrogen functional groups attached to an aromatic ring is 1. The number of hydrogen-bond donors (Lipinski definition) is 2. The lowest BCUT2D eigenvalue weighted by atomic mass is 10.1. The molecule has 4 nitrogen and oxygen atoms in total. The fourth-order valence-corrected chi connectivity index (χ4v) is 2.41. The number of nitrogens with one attached hydrogen (secondary N) is 1. The molecule has 3 N–H and O–H groups in total. The Morgan fingerprint density at radius 2 is 2.17 bits per heavy atom. The fraction of sp³-hybridized carbons (Fsp3) is 0.643. The van der Waals surface area contributed by atoms with E-state index in [9.17, 15) is 0 Å². The number of hydrogen-bond acceptors (Lipinski definition) is 4. The van der Waals surface area contributed by atoms with Gasteiger partial charge in [-0.15, -0.1) is 0 Å². The first-order valence-corrected chi connectivity index (χ1v) is 6.83. The van der Waals surface area contributed by atoms with Gasteiger partial charge in [0.1, 0.15) is 5.82 Å². The Bertz CT molecular complexity index is 385. The van der Waals surface area contributed by atoms with Crippen LogP contribution in [-0.4, -0.2) is 36.1 Å². The minimum atomic E-state index is 0.641. The molecule has 4 heteroatoms. The van der Waals surface area contributed by atoms with Crippen molar-refractivity contribution in [1.29, 1.82) is 0 Å². The Morgan fingerprint density at radius 3 is 2.83 bits per heavy atom. The normalized spacial score (nSPS) is 17.9. The standard InChI is InChI=1S/C14H24N4/c1-11(10-18-5-3-4-6-18)8-16-14-7-12(2)13(15)9-17-14/h7,9,11H,3-6,8,10,15H2,1-2H3,(H,16,17). The fourth-order valence-electron chi connectivity index (χ4n) is 2.41. The van der Waals surface area contributed by atoms with Crippen molar-refractivity contribution in [3.05, 3.63) is 17.8 Å². The third-order valence-electron chi connectivity index (χ3n) is 3.55. The number of anilines is 2. The molecule has 1 atom stereocenters. The van der Waals surface area contributed by atoms with Crippen LogP contribution in [0.2, 0.25) is 0 Å². The second-order valence-electron chi connectivity index (χ2n) is 5.42. The number of nitrogens with two attached hydrogens (primary N) is 1. The summed E-state index contributed by atoms with van der Waals surface area (Å²) in [6.45, 7) is 8.98. The van der Waals surface area contributed by atoms with Crippen LogP contribution in [-0.2, 0) is 0 Å². The number of likely N-dealkylation sites (tertiary alicyclic amines) is 1. The van der Waals surface area contributed by atoms with E-state index in [0.29, 0.717) is 5.92 Å². The summed E-state index contributed by atoms with van der Waals surface area (Å²) in [5.74, 6) is 1.57. The van der Waals surface area contributed by atoms with Crippen molar-refractivity contribution < 1.29 is 0 Å². The molecule has 0 bridgehead atoms. The molecule has 1 unspecified atom stereocenters. The van der Waals surface area contributed by atoms with Crippen molar-refractivity contribution in [2.45, 2.75) is 26.7 Å². The number of aromatic nitrogens is 1. The average Bonchev–Trinajstić information content (AvgIpc) is 2.83. The van der Waals surface area contributed by atoms with Crippen molar-refractivity contribution in [3.63, 3.8) is 0 Å². The van der Waals surface area contributed by atoms with Gasteiger partial charge in [-0.2, -0.15) is 0 Å². The molecular weight excluding hydrogens is 224 g/mol. The van der Waals surface area contributed by atoms with Gasteiger partial charge in [-0.05, 0) is 50.4 Å². The van der Waals surface area contributed by atoms with Crippen LogP contribution in [0, 0.1) is 12.8 Å².